The molecule has 1 heterocycles. The van der Waals surface area contributed by atoms with Gasteiger partial charge in [0.05, 0.1) is 28.7 Å². The summed E-state index contributed by atoms with van der Waals surface area (Å²) in [5.74, 6) is 0.431. The Labute approximate surface area is 96.4 Å². The molecule has 1 saturated heterocycles. The highest BCUT2D eigenvalue weighted by Crippen LogP contribution is 2.24. The Morgan fingerprint density at radius 2 is 2.33 bits per heavy atom. The number of carbonyl (C=O) groups is 1. The molecular weight excluding hydrogens is 307 g/mol. The molecule has 0 bridgehead atoms. The molecule has 0 aliphatic carbocycles. The normalized spacial score (nSPS) is 24.1. The monoisotopic (exact) mass is 316 g/mol. The van der Waals surface area contributed by atoms with Crippen molar-refractivity contribution in [2.24, 2.45) is 0 Å². The molecule has 1 fully saturated rings. The van der Waals surface area contributed by atoms with Crippen LogP contribution in [0.15, 0.2) is 0 Å². The topological polar surface area (TPSA) is 23.6 Å². The van der Waals surface area contributed by atoms with E-state index in [9.17, 15) is 4.79 Å². The molecule has 0 N–H and O–H groups in total. The summed E-state index contributed by atoms with van der Waals surface area (Å²) < 4.78 is 1.80. The zero-order valence-corrected chi connectivity index (χ0v) is 10.4. The first-order valence-corrected chi connectivity index (χ1v) is 5.55. The summed E-state index contributed by atoms with van der Waals surface area (Å²) in [6.07, 6.45) is 0.784. The van der Waals surface area contributed by atoms with E-state index in [2.05, 4.69) is 35.5 Å². The van der Waals surface area contributed by atoms with Crippen LogP contribution in [0.2, 0.25) is 0 Å². The van der Waals surface area contributed by atoms with E-state index in [-0.39, 0.29) is 11.9 Å². The summed E-state index contributed by atoms with van der Waals surface area (Å²) >= 11 is 11.2. The van der Waals surface area contributed by atoms with E-state index in [0.717, 1.165) is 6.42 Å². The van der Waals surface area contributed by atoms with Gasteiger partial charge in [-0.1, -0.05) is 6.92 Å². The Balaban J connectivity index is 2.85. The van der Waals surface area contributed by atoms with Crippen LogP contribution >= 0.6 is 47.7 Å². The van der Waals surface area contributed by atoms with Gasteiger partial charge in [-0.15, -0.1) is 0 Å². The molecule has 0 saturated carbocycles. The van der Waals surface area contributed by atoms with Gasteiger partial charge in [0.1, 0.15) is 6.04 Å². The molecule has 6 heteroatoms. The molecule has 3 nitrogen and oxygen atoms in total. The maximum atomic E-state index is 11.5. The second-order valence-corrected chi connectivity index (χ2v) is 4.11. The van der Waals surface area contributed by atoms with Crippen LogP contribution < -0.4 is 0 Å². The standard InChI is InChI=1S/C6H9IN2OS2/c1-2-4-5(10)8(3-11)6(12)9(4)7/h4,11H,2-3H2,1H3. The van der Waals surface area contributed by atoms with Gasteiger partial charge in [-0.3, -0.25) is 12.8 Å². The molecule has 1 unspecified atom stereocenters. The molecule has 1 amide bonds. The predicted molar refractivity (Wildman–Crippen MR) is 63.2 cm³/mol. The predicted octanol–water partition coefficient (Wildman–Crippen LogP) is 1.43. The quantitative estimate of drug-likeness (QED) is 0.361. The highest BCUT2D eigenvalue weighted by molar-refractivity contribution is 14.1. The van der Waals surface area contributed by atoms with Gasteiger partial charge in [0.15, 0.2) is 5.11 Å². The molecule has 0 aromatic heterocycles. The van der Waals surface area contributed by atoms with Crippen molar-refractivity contribution in [1.29, 1.82) is 0 Å². The van der Waals surface area contributed by atoms with Crippen molar-refractivity contribution in [3.8, 4) is 0 Å². The first-order chi connectivity index (χ1) is 5.63. The number of nitrogens with zero attached hydrogens (tertiary/aromatic N) is 2. The van der Waals surface area contributed by atoms with Crippen LogP contribution in [0.3, 0.4) is 0 Å². The van der Waals surface area contributed by atoms with Gasteiger partial charge in [0.25, 0.3) is 5.91 Å². The van der Waals surface area contributed by atoms with Gasteiger partial charge in [-0.25, -0.2) is 0 Å². The van der Waals surface area contributed by atoms with Gasteiger partial charge in [0, 0.05) is 0 Å². The van der Waals surface area contributed by atoms with E-state index in [1.807, 2.05) is 6.92 Å². The summed E-state index contributed by atoms with van der Waals surface area (Å²) in [6, 6.07) is -0.0924. The third-order valence-electron chi connectivity index (χ3n) is 1.77. The van der Waals surface area contributed by atoms with E-state index in [1.165, 1.54) is 4.90 Å². The van der Waals surface area contributed by atoms with E-state index in [0.29, 0.717) is 11.0 Å². The van der Waals surface area contributed by atoms with Crippen molar-refractivity contribution in [3.63, 3.8) is 0 Å². The number of thiol groups is 1. The third-order valence-corrected chi connectivity index (χ3v) is 3.92. The zero-order valence-electron chi connectivity index (χ0n) is 6.53. The van der Waals surface area contributed by atoms with Crippen LogP contribution in [0, 0.1) is 0 Å². The van der Waals surface area contributed by atoms with Crippen molar-refractivity contribution >= 4 is 58.7 Å². The minimum atomic E-state index is -0.0924. The molecule has 0 radical (unpaired) electrons. The molecule has 68 valence electrons. The van der Waals surface area contributed by atoms with Gasteiger partial charge in [0.2, 0.25) is 0 Å². The zero-order chi connectivity index (χ0) is 9.30. The largest absolute Gasteiger partial charge is 0.279 e. The van der Waals surface area contributed by atoms with Crippen LogP contribution in [-0.2, 0) is 4.79 Å². The lowest BCUT2D eigenvalue weighted by Crippen LogP contribution is -2.29. The fourth-order valence-electron chi connectivity index (χ4n) is 1.08. The average molecular weight is 316 g/mol. The minimum absolute atomic E-state index is 0.0619. The SMILES string of the molecule is CCC1C(=O)N(CS)C(=S)N1I. The van der Waals surface area contributed by atoms with Gasteiger partial charge < -0.3 is 0 Å². The Hall–Kier alpha value is 0.440. The van der Waals surface area contributed by atoms with E-state index >= 15 is 0 Å². The minimum Gasteiger partial charge on any atom is -0.279 e. The smallest absolute Gasteiger partial charge is 0.253 e. The summed E-state index contributed by atoms with van der Waals surface area (Å²) in [7, 11) is 0. The Bertz CT molecular complexity index is 224. The first kappa shape index (κ1) is 10.5. The highest BCUT2D eigenvalue weighted by atomic mass is 127. The number of hydrogen-bond acceptors (Lipinski definition) is 3. The van der Waals surface area contributed by atoms with Crippen molar-refractivity contribution in [3.05, 3.63) is 0 Å². The summed E-state index contributed by atoms with van der Waals surface area (Å²) in [5, 5.41) is 0.572. The number of thiocarbonyl (C=S) groups is 1. The molecule has 1 aliphatic heterocycles. The average Bonchev–Trinajstić information content (AvgIpc) is 2.25. The maximum absolute atomic E-state index is 11.5. The lowest BCUT2D eigenvalue weighted by atomic mass is 10.2. The number of rotatable bonds is 2. The lowest BCUT2D eigenvalue weighted by molar-refractivity contribution is -0.126. The van der Waals surface area contributed by atoms with Gasteiger partial charge >= 0.3 is 0 Å². The Morgan fingerprint density at radius 1 is 1.75 bits per heavy atom. The van der Waals surface area contributed by atoms with Crippen LogP contribution in [0.4, 0.5) is 0 Å². The number of amides is 1. The van der Waals surface area contributed by atoms with Crippen molar-refractivity contribution < 1.29 is 4.79 Å². The molecule has 12 heavy (non-hydrogen) atoms. The van der Waals surface area contributed by atoms with Crippen LogP contribution in [-0.4, -0.2) is 31.0 Å². The molecule has 1 rings (SSSR count). The number of hydrogen-bond donors (Lipinski definition) is 1. The Morgan fingerprint density at radius 3 is 2.58 bits per heavy atom. The molecule has 1 aliphatic rings. The maximum Gasteiger partial charge on any atom is 0.253 e. The van der Waals surface area contributed by atoms with Gasteiger partial charge in [-0.2, -0.15) is 12.6 Å². The molecule has 1 atom stereocenters. The van der Waals surface area contributed by atoms with Crippen LogP contribution in [0.1, 0.15) is 13.3 Å². The second kappa shape index (κ2) is 4.10. The van der Waals surface area contributed by atoms with Crippen molar-refractivity contribution in [2.45, 2.75) is 19.4 Å². The second-order valence-electron chi connectivity index (χ2n) is 2.43. The molecule has 0 aromatic carbocycles. The van der Waals surface area contributed by atoms with Crippen LogP contribution in [0.5, 0.6) is 0 Å². The van der Waals surface area contributed by atoms with Crippen LogP contribution in [0.25, 0.3) is 0 Å². The fourth-order valence-corrected chi connectivity index (χ4v) is 2.63. The van der Waals surface area contributed by atoms with E-state index in [4.69, 9.17) is 12.2 Å². The molecular formula is C6H9IN2OS2. The van der Waals surface area contributed by atoms with Crippen molar-refractivity contribution in [1.82, 2.24) is 8.01 Å². The van der Waals surface area contributed by atoms with Crippen molar-refractivity contribution in [2.75, 3.05) is 5.88 Å². The highest BCUT2D eigenvalue weighted by Gasteiger charge is 2.39. The Kier molecular flexibility index (Phi) is 3.59. The number of halogens is 1. The first-order valence-electron chi connectivity index (χ1n) is 3.54. The lowest BCUT2D eigenvalue weighted by Gasteiger charge is -2.13. The third kappa shape index (κ3) is 1.56. The number of carbonyl (C=O) groups excluding carboxylic acids is 1. The summed E-state index contributed by atoms with van der Waals surface area (Å²) in [6.45, 7) is 1.97. The summed E-state index contributed by atoms with van der Waals surface area (Å²) in [5.41, 5.74) is 0. The van der Waals surface area contributed by atoms with E-state index in [1.54, 1.807) is 3.11 Å². The fraction of sp³-hybridized carbons (Fsp3) is 0.667. The molecule has 0 spiro atoms. The summed E-state index contributed by atoms with van der Waals surface area (Å²) in [4.78, 5) is 13.0. The van der Waals surface area contributed by atoms with E-state index < -0.39 is 0 Å². The molecule has 0 aromatic rings. The van der Waals surface area contributed by atoms with Gasteiger partial charge in [-0.05, 0) is 18.6 Å².